The van der Waals surface area contributed by atoms with Gasteiger partial charge >= 0.3 is 0 Å². The molecular formula is C14H16ClN3O. The van der Waals surface area contributed by atoms with Crippen LogP contribution in [0.3, 0.4) is 0 Å². The molecule has 100 valence electrons. The van der Waals surface area contributed by atoms with E-state index in [0.29, 0.717) is 11.1 Å². The maximum atomic E-state index is 6.04. The molecule has 1 unspecified atom stereocenters. The zero-order valence-corrected chi connectivity index (χ0v) is 11.5. The highest BCUT2D eigenvalue weighted by molar-refractivity contribution is 6.29. The largest absolute Gasteiger partial charge is 0.469 e. The van der Waals surface area contributed by atoms with E-state index in [-0.39, 0.29) is 6.04 Å². The Hall–Kier alpha value is -1.55. The molecule has 0 aliphatic heterocycles. The molecule has 1 aliphatic carbocycles. The van der Waals surface area contributed by atoms with Crippen LogP contribution in [0.5, 0.6) is 0 Å². The Morgan fingerprint density at radius 1 is 1.47 bits per heavy atom. The van der Waals surface area contributed by atoms with Crippen molar-refractivity contribution in [2.75, 3.05) is 5.32 Å². The Labute approximate surface area is 117 Å². The molecule has 1 N–H and O–H groups in total. The van der Waals surface area contributed by atoms with Crippen molar-refractivity contribution in [3.8, 4) is 0 Å². The van der Waals surface area contributed by atoms with Gasteiger partial charge in [-0.3, -0.25) is 0 Å². The lowest BCUT2D eigenvalue weighted by Crippen LogP contribution is -2.19. The second-order valence-corrected chi connectivity index (χ2v) is 5.42. The highest BCUT2D eigenvalue weighted by Crippen LogP contribution is 2.38. The van der Waals surface area contributed by atoms with E-state index in [1.54, 1.807) is 12.3 Å². The van der Waals surface area contributed by atoms with Crippen molar-refractivity contribution in [1.82, 2.24) is 9.97 Å². The van der Waals surface area contributed by atoms with Crippen molar-refractivity contribution in [2.24, 2.45) is 0 Å². The van der Waals surface area contributed by atoms with Gasteiger partial charge in [-0.2, -0.15) is 0 Å². The Morgan fingerprint density at radius 2 is 2.32 bits per heavy atom. The van der Waals surface area contributed by atoms with Crippen molar-refractivity contribution in [3.05, 3.63) is 41.2 Å². The zero-order valence-electron chi connectivity index (χ0n) is 10.8. The van der Waals surface area contributed by atoms with Crippen LogP contribution >= 0.6 is 11.6 Å². The average molecular weight is 278 g/mol. The van der Waals surface area contributed by atoms with E-state index in [1.165, 1.54) is 12.8 Å². The van der Waals surface area contributed by atoms with E-state index >= 15 is 0 Å². The Kier molecular flexibility index (Phi) is 3.42. The van der Waals surface area contributed by atoms with Gasteiger partial charge in [0.05, 0.1) is 6.26 Å². The molecule has 2 aromatic heterocycles. The first-order valence-electron chi connectivity index (χ1n) is 6.54. The van der Waals surface area contributed by atoms with Crippen LogP contribution in [0, 0.1) is 0 Å². The molecule has 0 bridgehead atoms. The van der Waals surface area contributed by atoms with Gasteiger partial charge in [0.1, 0.15) is 22.6 Å². The van der Waals surface area contributed by atoms with E-state index in [1.807, 2.05) is 12.1 Å². The normalized spacial score (nSPS) is 16.3. The maximum absolute atomic E-state index is 6.04. The smallest absolute Gasteiger partial charge is 0.135 e. The van der Waals surface area contributed by atoms with Gasteiger partial charge in [0.15, 0.2) is 0 Å². The van der Waals surface area contributed by atoms with Crippen molar-refractivity contribution in [3.63, 3.8) is 0 Å². The summed E-state index contributed by atoms with van der Waals surface area (Å²) in [7, 11) is 0. The highest BCUT2D eigenvalue weighted by atomic mass is 35.5. The fourth-order valence-electron chi connectivity index (χ4n) is 2.07. The predicted octanol–water partition coefficient (Wildman–Crippen LogP) is 3.64. The number of aromatic nitrogens is 2. The van der Waals surface area contributed by atoms with Crippen LogP contribution < -0.4 is 5.32 Å². The monoisotopic (exact) mass is 277 g/mol. The van der Waals surface area contributed by atoms with Gasteiger partial charge in [-0.1, -0.05) is 11.6 Å². The molecule has 2 heterocycles. The number of nitrogens with zero attached hydrogens (tertiary/aromatic N) is 2. The molecule has 5 heteroatoms. The van der Waals surface area contributed by atoms with Crippen LogP contribution in [0.1, 0.15) is 37.3 Å². The molecule has 2 aromatic rings. The molecule has 0 amide bonds. The number of hydrogen-bond acceptors (Lipinski definition) is 4. The van der Waals surface area contributed by atoms with Crippen LogP contribution in [0.25, 0.3) is 0 Å². The molecule has 1 atom stereocenters. The average Bonchev–Trinajstić information content (AvgIpc) is 3.08. The summed E-state index contributed by atoms with van der Waals surface area (Å²) in [6.07, 6.45) is 4.84. The summed E-state index contributed by atoms with van der Waals surface area (Å²) in [6, 6.07) is 5.87. The molecule has 4 nitrogen and oxygen atoms in total. The van der Waals surface area contributed by atoms with Crippen LogP contribution in [0.15, 0.2) is 28.9 Å². The summed E-state index contributed by atoms with van der Waals surface area (Å²) >= 11 is 6.04. The van der Waals surface area contributed by atoms with Crippen LogP contribution in [-0.4, -0.2) is 16.0 Å². The summed E-state index contributed by atoms with van der Waals surface area (Å²) in [5, 5.41) is 3.85. The number of nitrogens with one attached hydrogen (secondary N) is 1. The van der Waals surface area contributed by atoms with Gasteiger partial charge in [-0.15, -0.1) is 0 Å². The summed E-state index contributed by atoms with van der Waals surface area (Å²) < 4.78 is 5.34. The van der Waals surface area contributed by atoms with E-state index in [0.717, 1.165) is 23.8 Å². The molecule has 0 radical (unpaired) electrons. The van der Waals surface area contributed by atoms with E-state index in [2.05, 4.69) is 22.2 Å². The minimum Gasteiger partial charge on any atom is -0.469 e. The van der Waals surface area contributed by atoms with Crippen molar-refractivity contribution in [2.45, 2.75) is 38.1 Å². The Morgan fingerprint density at radius 3 is 3.00 bits per heavy atom. The van der Waals surface area contributed by atoms with E-state index in [9.17, 15) is 0 Å². The van der Waals surface area contributed by atoms with Gasteiger partial charge in [-0.25, -0.2) is 9.97 Å². The number of anilines is 1. The standard InChI is InChI=1S/C14H16ClN3O/c1-9(7-11-3-2-6-19-11)16-13-8-12(15)17-14(18-13)10-4-5-10/h2-3,6,8-10H,4-5,7H2,1H3,(H,16,17,18). The predicted molar refractivity (Wildman–Crippen MR) is 74.5 cm³/mol. The zero-order chi connectivity index (χ0) is 13.2. The first kappa shape index (κ1) is 12.5. The quantitative estimate of drug-likeness (QED) is 0.848. The molecule has 0 saturated heterocycles. The molecule has 3 rings (SSSR count). The molecule has 1 aliphatic rings. The fraction of sp³-hybridized carbons (Fsp3) is 0.429. The van der Waals surface area contributed by atoms with Crippen LogP contribution in [0.2, 0.25) is 5.15 Å². The SMILES string of the molecule is CC(Cc1ccco1)Nc1cc(Cl)nc(C2CC2)n1. The number of hydrogen-bond donors (Lipinski definition) is 1. The lowest BCUT2D eigenvalue weighted by molar-refractivity contribution is 0.497. The topological polar surface area (TPSA) is 51.0 Å². The number of furan rings is 1. The number of halogens is 1. The minimum atomic E-state index is 0.226. The van der Waals surface area contributed by atoms with Crippen LogP contribution in [-0.2, 0) is 6.42 Å². The molecule has 1 saturated carbocycles. The molecule has 0 spiro atoms. The lowest BCUT2D eigenvalue weighted by atomic mass is 10.2. The molecule has 19 heavy (non-hydrogen) atoms. The van der Waals surface area contributed by atoms with E-state index < -0.39 is 0 Å². The van der Waals surface area contributed by atoms with Crippen molar-refractivity contribution >= 4 is 17.4 Å². The summed E-state index contributed by atoms with van der Waals surface area (Å²) in [6.45, 7) is 2.09. The molecule has 1 fully saturated rings. The fourth-order valence-corrected chi connectivity index (χ4v) is 2.26. The van der Waals surface area contributed by atoms with Gasteiger partial charge in [0.25, 0.3) is 0 Å². The third-order valence-electron chi connectivity index (χ3n) is 3.14. The first-order valence-corrected chi connectivity index (χ1v) is 6.92. The molecule has 0 aromatic carbocycles. The van der Waals surface area contributed by atoms with Crippen molar-refractivity contribution in [1.29, 1.82) is 0 Å². The van der Waals surface area contributed by atoms with Gasteiger partial charge < -0.3 is 9.73 Å². The lowest BCUT2D eigenvalue weighted by Gasteiger charge is -2.14. The third kappa shape index (κ3) is 3.26. The number of rotatable bonds is 5. The van der Waals surface area contributed by atoms with Crippen molar-refractivity contribution < 1.29 is 4.42 Å². The summed E-state index contributed by atoms with van der Waals surface area (Å²) in [4.78, 5) is 8.80. The Bertz CT molecular complexity index is 552. The van der Waals surface area contributed by atoms with Gasteiger partial charge in [0, 0.05) is 24.4 Å². The highest BCUT2D eigenvalue weighted by Gasteiger charge is 2.27. The second kappa shape index (κ2) is 5.21. The Balaban J connectivity index is 1.68. The van der Waals surface area contributed by atoms with Gasteiger partial charge in [-0.05, 0) is 31.9 Å². The summed E-state index contributed by atoms with van der Waals surface area (Å²) in [5.74, 6) is 3.11. The van der Waals surface area contributed by atoms with Crippen LogP contribution in [0.4, 0.5) is 5.82 Å². The summed E-state index contributed by atoms with van der Waals surface area (Å²) in [5.41, 5.74) is 0. The van der Waals surface area contributed by atoms with E-state index in [4.69, 9.17) is 16.0 Å². The minimum absolute atomic E-state index is 0.226. The second-order valence-electron chi connectivity index (χ2n) is 5.04. The first-order chi connectivity index (χ1) is 9.20. The molecular weight excluding hydrogens is 262 g/mol. The maximum Gasteiger partial charge on any atom is 0.135 e. The van der Waals surface area contributed by atoms with Gasteiger partial charge in [0.2, 0.25) is 0 Å². The third-order valence-corrected chi connectivity index (χ3v) is 3.33.